The molecule has 0 atom stereocenters. The van der Waals surface area contributed by atoms with Gasteiger partial charge in [0, 0.05) is 11.8 Å². The number of allylic oxidation sites excluding steroid dienone is 4. The second kappa shape index (κ2) is 2.79. The normalized spacial score (nSPS) is 20.9. The zero-order chi connectivity index (χ0) is 10.3. The summed E-state index contributed by atoms with van der Waals surface area (Å²) < 4.78 is 0. The molecule has 0 aromatic rings. The van der Waals surface area contributed by atoms with Crippen molar-refractivity contribution in [3.63, 3.8) is 0 Å². The van der Waals surface area contributed by atoms with E-state index in [1.54, 1.807) is 6.21 Å². The Labute approximate surface area is 86.7 Å². The van der Waals surface area contributed by atoms with E-state index in [0.717, 1.165) is 17.1 Å². The molecule has 3 aliphatic heterocycles. The van der Waals surface area contributed by atoms with Gasteiger partial charge in [0.2, 0.25) is 5.96 Å². The zero-order valence-electron chi connectivity index (χ0n) is 7.75. The van der Waals surface area contributed by atoms with Crippen LogP contribution in [0, 0.1) is 12.3 Å². The summed E-state index contributed by atoms with van der Waals surface area (Å²) in [6, 6.07) is 0. The van der Waals surface area contributed by atoms with Crippen molar-refractivity contribution < 1.29 is 0 Å². The topological polar surface area (TPSA) is 40.3 Å². The highest BCUT2D eigenvalue weighted by molar-refractivity contribution is 6.01. The highest BCUT2D eigenvalue weighted by Gasteiger charge is 2.25. The first kappa shape index (κ1) is 7.94. The van der Waals surface area contributed by atoms with Crippen LogP contribution in [-0.4, -0.2) is 23.4 Å². The zero-order valence-corrected chi connectivity index (χ0v) is 7.75. The average Bonchev–Trinajstić information content (AvgIpc) is 2.29. The van der Waals surface area contributed by atoms with E-state index in [0.29, 0.717) is 5.96 Å². The predicted octanol–water partition coefficient (Wildman–Crippen LogP) is 1.07. The lowest BCUT2D eigenvalue weighted by atomic mass is 10.1. The molecule has 3 aliphatic rings. The van der Waals surface area contributed by atoms with Crippen molar-refractivity contribution in [3.8, 4) is 12.3 Å². The van der Waals surface area contributed by atoms with Crippen molar-refractivity contribution in [3.05, 3.63) is 35.3 Å². The maximum Gasteiger partial charge on any atom is 0.237 e. The van der Waals surface area contributed by atoms with Crippen molar-refractivity contribution in [2.75, 3.05) is 0 Å². The van der Waals surface area contributed by atoms with Gasteiger partial charge in [-0.15, -0.1) is 6.42 Å². The molecular formula is C11H6N4. The van der Waals surface area contributed by atoms with Crippen molar-refractivity contribution in [2.45, 2.75) is 0 Å². The Bertz CT molecular complexity index is 548. The first-order valence-corrected chi connectivity index (χ1v) is 4.43. The van der Waals surface area contributed by atoms with Crippen LogP contribution in [0.5, 0.6) is 0 Å². The molecule has 0 saturated heterocycles. The molecule has 0 bridgehead atoms. The summed E-state index contributed by atoms with van der Waals surface area (Å²) in [4.78, 5) is 14.2. The first-order chi connectivity index (χ1) is 7.38. The minimum atomic E-state index is 0.626. The second-order valence-corrected chi connectivity index (χ2v) is 3.13. The van der Waals surface area contributed by atoms with Gasteiger partial charge < -0.3 is 0 Å². The van der Waals surface area contributed by atoms with E-state index in [1.807, 2.05) is 23.1 Å². The number of hydrogen-bond acceptors (Lipinski definition) is 4. The van der Waals surface area contributed by atoms with E-state index in [4.69, 9.17) is 6.42 Å². The van der Waals surface area contributed by atoms with Crippen LogP contribution in [0.2, 0.25) is 0 Å². The lowest BCUT2D eigenvalue weighted by molar-refractivity contribution is 0.618. The largest absolute Gasteiger partial charge is 0.263 e. The van der Waals surface area contributed by atoms with Crippen molar-refractivity contribution >= 4 is 18.5 Å². The number of nitrogens with zero attached hydrogens (tertiary/aromatic N) is 4. The third-order valence-electron chi connectivity index (χ3n) is 2.24. The molecule has 0 saturated carbocycles. The summed E-state index contributed by atoms with van der Waals surface area (Å²) >= 11 is 0. The van der Waals surface area contributed by atoms with Crippen LogP contribution in [0.15, 0.2) is 50.3 Å². The van der Waals surface area contributed by atoms with Crippen molar-refractivity contribution in [1.29, 1.82) is 0 Å². The van der Waals surface area contributed by atoms with E-state index in [-0.39, 0.29) is 0 Å². The predicted molar refractivity (Wildman–Crippen MR) is 59.3 cm³/mol. The van der Waals surface area contributed by atoms with Gasteiger partial charge in [-0.2, -0.15) is 0 Å². The Morgan fingerprint density at radius 2 is 2.20 bits per heavy atom. The fraction of sp³-hybridized carbons (Fsp3) is 0. The number of hydrogen-bond donors (Lipinski definition) is 0. The van der Waals surface area contributed by atoms with Crippen LogP contribution in [0.4, 0.5) is 0 Å². The van der Waals surface area contributed by atoms with Gasteiger partial charge in [0.05, 0.1) is 5.70 Å². The van der Waals surface area contributed by atoms with E-state index >= 15 is 0 Å². The highest BCUT2D eigenvalue weighted by atomic mass is 15.4. The SMILES string of the molecule is C#CC1=CC2=CC=NC3=NC=NC(=C1)N23. The number of aliphatic imine (C=N–C) groups is 3. The third kappa shape index (κ3) is 1.07. The molecule has 3 rings (SSSR count). The van der Waals surface area contributed by atoms with E-state index < -0.39 is 0 Å². The van der Waals surface area contributed by atoms with Crippen LogP contribution in [-0.2, 0) is 0 Å². The highest BCUT2D eigenvalue weighted by Crippen LogP contribution is 2.27. The summed E-state index contributed by atoms with van der Waals surface area (Å²) in [5.74, 6) is 3.99. The Kier molecular flexibility index (Phi) is 1.48. The molecule has 0 spiro atoms. The average molecular weight is 194 g/mol. The van der Waals surface area contributed by atoms with E-state index in [2.05, 4.69) is 20.9 Å². The molecule has 0 aliphatic carbocycles. The van der Waals surface area contributed by atoms with E-state index in [9.17, 15) is 0 Å². The van der Waals surface area contributed by atoms with Crippen LogP contribution in [0.3, 0.4) is 0 Å². The minimum absolute atomic E-state index is 0.626. The number of terminal acetylenes is 1. The fourth-order valence-corrected chi connectivity index (χ4v) is 1.59. The van der Waals surface area contributed by atoms with Crippen LogP contribution in [0.1, 0.15) is 0 Å². The smallest absolute Gasteiger partial charge is 0.237 e. The fourth-order valence-electron chi connectivity index (χ4n) is 1.59. The monoisotopic (exact) mass is 194 g/mol. The Morgan fingerprint density at radius 1 is 1.27 bits per heavy atom. The van der Waals surface area contributed by atoms with Gasteiger partial charge in [-0.05, 0) is 18.2 Å². The third-order valence-corrected chi connectivity index (χ3v) is 2.24. The van der Waals surface area contributed by atoms with Gasteiger partial charge in [-0.3, -0.25) is 4.90 Å². The molecular weight excluding hydrogens is 188 g/mol. The molecule has 0 aromatic carbocycles. The molecule has 0 aromatic heterocycles. The van der Waals surface area contributed by atoms with Gasteiger partial charge in [0.15, 0.2) is 0 Å². The second-order valence-electron chi connectivity index (χ2n) is 3.13. The summed E-state index contributed by atoms with van der Waals surface area (Å²) in [6.45, 7) is 0. The van der Waals surface area contributed by atoms with Gasteiger partial charge >= 0.3 is 0 Å². The summed E-state index contributed by atoms with van der Waals surface area (Å²) in [5.41, 5.74) is 1.76. The molecule has 0 unspecified atom stereocenters. The van der Waals surface area contributed by atoms with Gasteiger partial charge in [0.25, 0.3) is 0 Å². The lowest BCUT2D eigenvalue weighted by Crippen LogP contribution is -2.33. The molecule has 70 valence electrons. The molecule has 0 N–H and O–H groups in total. The van der Waals surface area contributed by atoms with Gasteiger partial charge in [-0.25, -0.2) is 15.0 Å². The van der Waals surface area contributed by atoms with E-state index in [1.165, 1.54) is 6.34 Å². The molecule has 15 heavy (non-hydrogen) atoms. The number of guanidine groups is 1. The van der Waals surface area contributed by atoms with Crippen LogP contribution < -0.4 is 0 Å². The summed E-state index contributed by atoms with van der Waals surface area (Å²) in [6.07, 6.45) is 14.2. The summed E-state index contributed by atoms with van der Waals surface area (Å²) in [5, 5.41) is 0. The molecule has 0 amide bonds. The van der Waals surface area contributed by atoms with Crippen LogP contribution >= 0.6 is 0 Å². The lowest BCUT2D eigenvalue weighted by Gasteiger charge is -2.30. The number of rotatable bonds is 0. The van der Waals surface area contributed by atoms with Crippen molar-refractivity contribution in [1.82, 2.24) is 4.90 Å². The molecule has 0 radical (unpaired) electrons. The molecule has 4 heteroatoms. The first-order valence-electron chi connectivity index (χ1n) is 4.43. The standard InChI is InChI=1S/C11H6N4/c1-2-8-5-9-3-4-12-11-14-7-13-10(6-8)15(9)11/h1,3-7H. The molecule has 0 fully saturated rings. The van der Waals surface area contributed by atoms with Gasteiger partial charge in [-0.1, -0.05) is 5.92 Å². The Balaban J connectivity index is 2.22. The quantitative estimate of drug-likeness (QED) is 0.532. The Morgan fingerprint density at radius 3 is 3.07 bits per heavy atom. The van der Waals surface area contributed by atoms with Crippen LogP contribution in [0.25, 0.3) is 0 Å². The van der Waals surface area contributed by atoms with Gasteiger partial charge in [0.1, 0.15) is 12.2 Å². The van der Waals surface area contributed by atoms with Crippen molar-refractivity contribution in [2.24, 2.45) is 15.0 Å². The minimum Gasteiger partial charge on any atom is -0.263 e. The molecule has 4 nitrogen and oxygen atoms in total. The Hall–Kier alpha value is -2.41. The maximum atomic E-state index is 5.37. The molecule has 3 heterocycles. The summed E-state index contributed by atoms with van der Waals surface area (Å²) in [7, 11) is 0. The maximum absolute atomic E-state index is 5.37.